The molecule has 140 valence electrons. The maximum absolute atomic E-state index is 12.8. The fourth-order valence-electron chi connectivity index (χ4n) is 3.48. The third kappa shape index (κ3) is 2.96. The zero-order valence-electron chi connectivity index (χ0n) is 15.0. The monoisotopic (exact) mass is 390 g/mol. The molecule has 1 aliphatic rings. The second-order valence-electron chi connectivity index (χ2n) is 6.85. The van der Waals surface area contributed by atoms with Gasteiger partial charge in [-0.2, -0.15) is 5.10 Å². The van der Waals surface area contributed by atoms with Crippen LogP contribution in [0.1, 0.15) is 16.8 Å². The second-order valence-corrected chi connectivity index (χ2v) is 7.79. The second kappa shape index (κ2) is 6.81. The Hall–Kier alpha value is -3.10. The van der Waals surface area contributed by atoms with Crippen LogP contribution >= 0.6 is 11.3 Å². The molecule has 5 rings (SSSR count). The Morgan fingerprint density at radius 3 is 2.96 bits per heavy atom. The summed E-state index contributed by atoms with van der Waals surface area (Å²) in [6.45, 7) is 1.29. The van der Waals surface area contributed by atoms with Crippen LogP contribution < -0.4 is 5.73 Å². The van der Waals surface area contributed by atoms with E-state index in [1.165, 1.54) is 0 Å². The molecule has 4 aromatic rings. The zero-order valence-corrected chi connectivity index (χ0v) is 15.8. The summed E-state index contributed by atoms with van der Waals surface area (Å²) in [7, 11) is 0. The first-order valence-electron chi connectivity index (χ1n) is 9.08. The molecule has 2 N–H and O–H groups in total. The number of aromatic nitrogens is 4. The Morgan fingerprint density at radius 2 is 2.18 bits per heavy atom. The highest BCUT2D eigenvalue weighted by Crippen LogP contribution is 2.27. The van der Waals surface area contributed by atoms with Gasteiger partial charge in [-0.25, -0.2) is 9.50 Å². The van der Waals surface area contributed by atoms with Crippen LogP contribution in [0.3, 0.4) is 0 Å². The number of nitrogens with two attached hydrogens (primary N) is 1. The normalized spacial score (nSPS) is 16.8. The number of rotatable bonds is 3. The number of carbonyl (C=O) groups is 1. The van der Waals surface area contributed by atoms with Gasteiger partial charge in [-0.05, 0) is 36.1 Å². The van der Waals surface area contributed by atoms with Gasteiger partial charge in [0.1, 0.15) is 0 Å². The molecule has 0 bridgehead atoms. The van der Waals surface area contributed by atoms with Crippen molar-refractivity contribution >= 4 is 22.9 Å². The fraction of sp³-hybridized carbons (Fsp3) is 0.200. The number of carbonyl (C=O) groups excluding carboxylic acids is 1. The SMILES string of the molecule is N[C@H]1CCN(C(=O)c2ccnc(-c3cnn4ccc(-c5cccs5)nc34)c2)C1. The number of hydrogen-bond donors (Lipinski definition) is 1. The van der Waals surface area contributed by atoms with Crippen molar-refractivity contribution in [1.82, 2.24) is 24.5 Å². The Kier molecular flexibility index (Phi) is 4.14. The van der Waals surface area contributed by atoms with Gasteiger partial charge in [-0.15, -0.1) is 11.3 Å². The van der Waals surface area contributed by atoms with Crippen molar-refractivity contribution in [3.05, 3.63) is 59.9 Å². The molecule has 0 aliphatic carbocycles. The van der Waals surface area contributed by atoms with E-state index in [1.54, 1.807) is 39.2 Å². The number of nitrogens with zero attached hydrogens (tertiary/aromatic N) is 5. The number of hydrogen-bond acceptors (Lipinski definition) is 6. The van der Waals surface area contributed by atoms with Gasteiger partial charge in [0.25, 0.3) is 5.91 Å². The standard InChI is InChI=1S/C20H18N6OS/c21-14-4-7-25(12-14)20(27)13-3-6-22-17(10-13)15-11-23-26-8-5-16(24-19(15)26)18-2-1-9-28-18/h1-3,5-6,8-11,14H,4,7,12,21H2/t14-/m0/s1. The molecule has 4 aromatic heterocycles. The van der Waals surface area contributed by atoms with E-state index in [0.29, 0.717) is 30.0 Å². The fourth-order valence-corrected chi connectivity index (χ4v) is 4.17. The summed E-state index contributed by atoms with van der Waals surface area (Å²) < 4.78 is 1.72. The van der Waals surface area contributed by atoms with Crippen LogP contribution in [0.4, 0.5) is 0 Å². The molecule has 0 saturated carbocycles. The summed E-state index contributed by atoms with van der Waals surface area (Å²) in [6.07, 6.45) is 6.13. The van der Waals surface area contributed by atoms with Crippen LogP contribution in [-0.4, -0.2) is 49.5 Å². The van der Waals surface area contributed by atoms with E-state index in [1.807, 2.05) is 35.8 Å². The third-order valence-electron chi connectivity index (χ3n) is 4.94. The number of thiophene rings is 1. The van der Waals surface area contributed by atoms with Crippen LogP contribution in [0, 0.1) is 0 Å². The summed E-state index contributed by atoms with van der Waals surface area (Å²) in [6, 6.07) is 9.60. The van der Waals surface area contributed by atoms with Crippen molar-refractivity contribution in [2.24, 2.45) is 5.73 Å². The summed E-state index contributed by atoms with van der Waals surface area (Å²) in [4.78, 5) is 24.9. The van der Waals surface area contributed by atoms with Crippen LogP contribution in [0.2, 0.25) is 0 Å². The van der Waals surface area contributed by atoms with Crippen LogP contribution in [-0.2, 0) is 0 Å². The lowest BCUT2D eigenvalue weighted by atomic mass is 10.1. The molecule has 1 atom stereocenters. The number of likely N-dealkylation sites (tertiary alicyclic amines) is 1. The maximum atomic E-state index is 12.8. The van der Waals surface area contributed by atoms with Gasteiger partial charge in [0.05, 0.1) is 28.0 Å². The first-order valence-corrected chi connectivity index (χ1v) is 9.96. The molecule has 0 aromatic carbocycles. The van der Waals surface area contributed by atoms with Crippen molar-refractivity contribution in [1.29, 1.82) is 0 Å². The largest absolute Gasteiger partial charge is 0.337 e. The lowest BCUT2D eigenvalue weighted by Gasteiger charge is -2.15. The molecule has 7 nitrogen and oxygen atoms in total. The number of fused-ring (bicyclic) bond motifs is 1. The van der Waals surface area contributed by atoms with Gasteiger partial charge in [-0.3, -0.25) is 9.78 Å². The molecule has 1 fully saturated rings. The van der Waals surface area contributed by atoms with E-state index >= 15 is 0 Å². The molecule has 8 heteroatoms. The minimum Gasteiger partial charge on any atom is -0.337 e. The van der Waals surface area contributed by atoms with E-state index in [-0.39, 0.29) is 11.9 Å². The topological polar surface area (TPSA) is 89.4 Å². The van der Waals surface area contributed by atoms with E-state index in [2.05, 4.69) is 10.1 Å². The lowest BCUT2D eigenvalue weighted by molar-refractivity contribution is 0.0791. The van der Waals surface area contributed by atoms with Gasteiger partial charge in [0.15, 0.2) is 5.65 Å². The average Bonchev–Trinajstić information content (AvgIpc) is 3.47. The molecule has 0 spiro atoms. The minimum absolute atomic E-state index is 0.0136. The van der Waals surface area contributed by atoms with E-state index in [0.717, 1.165) is 22.6 Å². The van der Waals surface area contributed by atoms with Crippen molar-refractivity contribution in [2.75, 3.05) is 13.1 Å². The lowest BCUT2D eigenvalue weighted by Crippen LogP contribution is -2.31. The first-order chi connectivity index (χ1) is 13.7. The Labute approximate surface area is 165 Å². The molecule has 1 amide bonds. The highest BCUT2D eigenvalue weighted by atomic mass is 32.1. The van der Waals surface area contributed by atoms with Crippen LogP contribution in [0.25, 0.3) is 27.5 Å². The molecule has 1 saturated heterocycles. The maximum Gasteiger partial charge on any atom is 0.254 e. The quantitative estimate of drug-likeness (QED) is 0.581. The summed E-state index contributed by atoms with van der Waals surface area (Å²) >= 11 is 1.64. The smallest absolute Gasteiger partial charge is 0.254 e. The number of amides is 1. The molecular weight excluding hydrogens is 372 g/mol. The number of pyridine rings is 1. The third-order valence-corrected chi connectivity index (χ3v) is 5.83. The van der Waals surface area contributed by atoms with Crippen LogP contribution in [0.15, 0.2) is 54.3 Å². The Bertz CT molecular complexity index is 1150. The molecular formula is C20H18N6OS. The van der Waals surface area contributed by atoms with Gasteiger partial charge in [0, 0.05) is 37.1 Å². The minimum atomic E-state index is -0.0136. The summed E-state index contributed by atoms with van der Waals surface area (Å²) in [5.41, 5.74) is 9.63. The van der Waals surface area contributed by atoms with Gasteiger partial charge < -0.3 is 10.6 Å². The van der Waals surface area contributed by atoms with Gasteiger partial charge >= 0.3 is 0 Å². The molecule has 5 heterocycles. The predicted molar refractivity (Wildman–Crippen MR) is 108 cm³/mol. The molecule has 1 aliphatic heterocycles. The van der Waals surface area contributed by atoms with E-state index in [9.17, 15) is 4.79 Å². The summed E-state index contributed by atoms with van der Waals surface area (Å²) in [5, 5.41) is 6.41. The predicted octanol–water partition coefficient (Wildman–Crippen LogP) is 2.69. The zero-order chi connectivity index (χ0) is 19.1. The van der Waals surface area contributed by atoms with E-state index < -0.39 is 0 Å². The first kappa shape index (κ1) is 17.0. The van der Waals surface area contributed by atoms with Crippen LogP contribution in [0.5, 0.6) is 0 Å². The molecule has 28 heavy (non-hydrogen) atoms. The Balaban J connectivity index is 1.53. The molecule has 0 radical (unpaired) electrons. The highest BCUT2D eigenvalue weighted by molar-refractivity contribution is 7.13. The average molecular weight is 390 g/mol. The van der Waals surface area contributed by atoms with Crippen molar-refractivity contribution in [3.63, 3.8) is 0 Å². The Morgan fingerprint density at radius 1 is 1.25 bits per heavy atom. The van der Waals surface area contributed by atoms with Crippen molar-refractivity contribution < 1.29 is 4.79 Å². The van der Waals surface area contributed by atoms with Crippen molar-refractivity contribution in [2.45, 2.75) is 12.5 Å². The van der Waals surface area contributed by atoms with E-state index in [4.69, 9.17) is 10.7 Å². The van der Waals surface area contributed by atoms with Crippen molar-refractivity contribution in [3.8, 4) is 21.8 Å². The van der Waals surface area contributed by atoms with Gasteiger partial charge in [-0.1, -0.05) is 6.07 Å². The highest BCUT2D eigenvalue weighted by Gasteiger charge is 2.25. The summed E-state index contributed by atoms with van der Waals surface area (Å²) in [5.74, 6) is -0.0136. The van der Waals surface area contributed by atoms with Gasteiger partial charge in [0.2, 0.25) is 0 Å². The molecule has 0 unspecified atom stereocenters.